The fourth-order valence-electron chi connectivity index (χ4n) is 6.03. The standard InChI is InChI=1S/C39H23N3O2/c1-3-11-24(12-4-1)37-40-38(25-13-5-2-6-14-25)42-39(41-37)31-22-27(23-35-36(31)29-16-8-10-18-33(29)44-35)26-19-20-34-30(21-26)28-15-7-9-17-32(28)43-34/h1-23H. The molecule has 0 amide bonds. The lowest BCUT2D eigenvalue weighted by atomic mass is 9.97. The Morgan fingerprint density at radius 3 is 1.59 bits per heavy atom. The molecule has 9 aromatic rings. The van der Waals surface area contributed by atoms with Crippen LogP contribution >= 0.6 is 0 Å². The van der Waals surface area contributed by atoms with Gasteiger partial charge in [0.1, 0.15) is 22.3 Å². The van der Waals surface area contributed by atoms with E-state index in [1.54, 1.807) is 0 Å². The molecular weight excluding hydrogens is 542 g/mol. The maximum atomic E-state index is 6.46. The van der Waals surface area contributed by atoms with Crippen LogP contribution < -0.4 is 0 Å². The Hall–Kier alpha value is -6.07. The van der Waals surface area contributed by atoms with Crippen molar-refractivity contribution in [3.05, 3.63) is 140 Å². The number of benzene rings is 6. The molecule has 0 aliphatic rings. The second-order valence-electron chi connectivity index (χ2n) is 10.8. The zero-order chi connectivity index (χ0) is 29.0. The fraction of sp³-hybridized carbons (Fsp3) is 0. The maximum absolute atomic E-state index is 6.46. The van der Waals surface area contributed by atoms with Gasteiger partial charge in [-0.15, -0.1) is 0 Å². The summed E-state index contributed by atoms with van der Waals surface area (Å²) in [7, 11) is 0. The SMILES string of the molecule is c1ccc(-c2nc(-c3ccccc3)nc(-c3cc(-c4ccc5oc6ccccc6c5c4)cc4oc5ccccc5c34)n2)cc1. The summed E-state index contributed by atoms with van der Waals surface area (Å²) in [5.41, 5.74) is 8.12. The summed E-state index contributed by atoms with van der Waals surface area (Å²) >= 11 is 0. The Bertz CT molecular complexity index is 2440. The predicted octanol–water partition coefficient (Wildman–Crippen LogP) is 10.3. The summed E-state index contributed by atoms with van der Waals surface area (Å²) in [5, 5.41) is 4.15. The molecule has 44 heavy (non-hydrogen) atoms. The van der Waals surface area contributed by atoms with E-state index in [1.807, 2.05) is 103 Å². The van der Waals surface area contributed by atoms with Gasteiger partial charge in [-0.2, -0.15) is 0 Å². The van der Waals surface area contributed by atoms with E-state index in [2.05, 4.69) is 36.4 Å². The van der Waals surface area contributed by atoms with E-state index >= 15 is 0 Å². The molecule has 3 aromatic heterocycles. The van der Waals surface area contributed by atoms with Gasteiger partial charge in [0, 0.05) is 38.2 Å². The second-order valence-corrected chi connectivity index (χ2v) is 10.8. The first kappa shape index (κ1) is 24.5. The van der Waals surface area contributed by atoms with Crippen molar-refractivity contribution in [2.75, 3.05) is 0 Å². The van der Waals surface area contributed by atoms with Crippen molar-refractivity contribution >= 4 is 43.9 Å². The summed E-state index contributed by atoms with van der Waals surface area (Å²) in [6, 6.07) is 46.9. The summed E-state index contributed by atoms with van der Waals surface area (Å²) in [4.78, 5) is 15.1. The molecule has 9 rings (SSSR count). The molecule has 0 saturated carbocycles. The van der Waals surface area contributed by atoms with Gasteiger partial charge < -0.3 is 8.83 Å². The molecule has 0 unspecified atom stereocenters. The first-order chi connectivity index (χ1) is 21.8. The minimum atomic E-state index is 0.589. The quantitative estimate of drug-likeness (QED) is 0.212. The molecule has 0 bridgehead atoms. The van der Waals surface area contributed by atoms with Crippen molar-refractivity contribution in [1.82, 2.24) is 15.0 Å². The van der Waals surface area contributed by atoms with Crippen molar-refractivity contribution in [2.24, 2.45) is 0 Å². The van der Waals surface area contributed by atoms with Crippen LogP contribution in [0.2, 0.25) is 0 Å². The van der Waals surface area contributed by atoms with Crippen LogP contribution in [0.25, 0.3) is 89.2 Å². The first-order valence-corrected chi connectivity index (χ1v) is 14.5. The molecule has 5 heteroatoms. The summed E-state index contributed by atoms with van der Waals surface area (Å²) in [5.74, 6) is 1.82. The Labute approximate surface area is 252 Å². The van der Waals surface area contributed by atoms with Crippen LogP contribution in [0.5, 0.6) is 0 Å². The van der Waals surface area contributed by atoms with E-state index in [0.29, 0.717) is 17.5 Å². The molecule has 0 atom stereocenters. The van der Waals surface area contributed by atoms with Crippen molar-refractivity contribution in [3.8, 4) is 45.3 Å². The van der Waals surface area contributed by atoms with Crippen LogP contribution in [0.1, 0.15) is 0 Å². The van der Waals surface area contributed by atoms with Gasteiger partial charge in [-0.3, -0.25) is 0 Å². The molecule has 0 radical (unpaired) electrons. The molecule has 6 aromatic carbocycles. The van der Waals surface area contributed by atoms with Crippen LogP contribution in [0, 0.1) is 0 Å². The van der Waals surface area contributed by atoms with E-state index in [4.69, 9.17) is 23.8 Å². The van der Waals surface area contributed by atoms with Crippen molar-refractivity contribution in [3.63, 3.8) is 0 Å². The lowest BCUT2D eigenvalue weighted by molar-refractivity contribution is 0.669. The molecule has 0 aliphatic carbocycles. The lowest BCUT2D eigenvalue weighted by Gasteiger charge is -2.11. The molecule has 0 saturated heterocycles. The molecular formula is C39H23N3O2. The van der Waals surface area contributed by atoms with Gasteiger partial charge in [-0.25, -0.2) is 15.0 Å². The monoisotopic (exact) mass is 565 g/mol. The number of aromatic nitrogens is 3. The summed E-state index contributed by atoms with van der Waals surface area (Å²) < 4.78 is 12.6. The third-order valence-electron chi connectivity index (χ3n) is 8.13. The average Bonchev–Trinajstić information content (AvgIpc) is 3.66. The smallest absolute Gasteiger partial charge is 0.164 e. The fourth-order valence-corrected chi connectivity index (χ4v) is 6.03. The molecule has 5 nitrogen and oxygen atoms in total. The number of para-hydroxylation sites is 2. The Kier molecular flexibility index (Phi) is 5.43. The Morgan fingerprint density at radius 1 is 0.341 bits per heavy atom. The molecule has 0 aliphatic heterocycles. The number of nitrogens with zero attached hydrogens (tertiary/aromatic N) is 3. The molecule has 206 valence electrons. The minimum absolute atomic E-state index is 0.589. The van der Waals surface area contributed by atoms with Crippen LogP contribution in [-0.4, -0.2) is 15.0 Å². The van der Waals surface area contributed by atoms with Crippen LogP contribution in [0.4, 0.5) is 0 Å². The number of hydrogen-bond acceptors (Lipinski definition) is 5. The van der Waals surface area contributed by atoms with Gasteiger partial charge in [0.05, 0.1) is 0 Å². The molecule has 3 heterocycles. The van der Waals surface area contributed by atoms with Crippen molar-refractivity contribution in [2.45, 2.75) is 0 Å². The highest BCUT2D eigenvalue weighted by atomic mass is 16.3. The zero-order valence-corrected chi connectivity index (χ0v) is 23.4. The zero-order valence-electron chi connectivity index (χ0n) is 23.4. The van der Waals surface area contributed by atoms with Gasteiger partial charge in [0.2, 0.25) is 0 Å². The summed E-state index contributed by atoms with van der Waals surface area (Å²) in [6.45, 7) is 0. The van der Waals surface area contributed by atoms with Gasteiger partial charge in [0.25, 0.3) is 0 Å². The van der Waals surface area contributed by atoms with Crippen molar-refractivity contribution in [1.29, 1.82) is 0 Å². The number of fused-ring (bicyclic) bond motifs is 6. The molecule has 0 spiro atoms. The average molecular weight is 566 g/mol. The summed E-state index contributed by atoms with van der Waals surface area (Å²) in [6.07, 6.45) is 0. The van der Waals surface area contributed by atoms with Crippen LogP contribution in [0.15, 0.2) is 148 Å². The van der Waals surface area contributed by atoms with Gasteiger partial charge in [0.15, 0.2) is 17.5 Å². The first-order valence-electron chi connectivity index (χ1n) is 14.5. The number of hydrogen-bond donors (Lipinski definition) is 0. The van der Waals surface area contributed by atoms with E-state index in [1.165, 1.54) is 0 Å². The van der Waals surface area contributed by atoms with Gasteiger partial charge >= 0.3 is 0 Å². The molecule has 0 N–H and O–H groups in total. The predicted molar refractivity (Wildman–Crippen MR) is 176 cm³/mol. The van der Waals surface area contributed by atoms with Crippen LogP contribution in [-0.2, 0) is 0 Å². The van der Waals surface area contributed by atoms with E-state index < -0.39 is 0 Å². The van der Waals surface area contributed by atoms with E-state index in [9.17, 15) is 0 Å². The van der Waals surface area contributed by atoms with E-state index in [0.717, 1.165) is 71.7 Å². The second kappa shape index (κ2) is 9.75. The Morgan fingerprint density at radius 2 is 0.886 bits per heavy atom. The highest BCUT2D eigenvalue weighted by Gasteiger charge is 2.20. The largest absolute Gasteiger partial charge is 0.456 e. The number of rotatable bonds is 4. The molecule has 0 fully saturated rings. The van der Waals surface area contributed by atoms with Crippen LogP contribution in [0.3, 0.4) is 0 Å². The maximum Gasteiger partial charge on any atom is 0.164 e. The van der Waals surface area contributed by atoms with Gasteiger partial charge in [-0.05, 0) is 47.5 Å². The Balaban J connectivity index is 1.33. The van der Waals surface area contributed by atoms with Gasteiger partial charge in [-0.1, -0.05) is 103 Å². The highest BCUT2D eigenvalue weighted by Crippen LogP contribution is 2.41. The van der Waals surface area contributed by atoms with E-state index in [-0.39, 0.29) is 0 Å². The van der Waals surface area contributed by atoms with Crippen molar-refractivity contribution < 1.29 is 8.83 Å². The third-order valence-corrected chi connectivity index (χ3v) is 8.13. The lowest BCUT2D eigenvalue weighted by Crippen LogP contribution is -2.00. The third kappa shape index (κ3) is 3.98. The topological polar surface area (TPSA) is 65.0 Å². The number of furan rings is 2. The highest BCUT2D eigenvalue weighted by molar-refractivity contribution is 6.13. The normalized spacial score (nSPS) is 11.6. The minimum Gasteiger partial charge on any atom is -0.456 e.